The number of alkyl halides is 3. The van der Waals surface area contributed by atoms with Crippen molar-refractivity contribution in [2.75, 3.05) is 0 Å². The van der Waals surface area contributed by atoms with E-state index in [1.165, 1.54) is 30.1 Å². The summed E-state index contributed by atoms with van der Waals surface area (Å²) in [4.78, 5) is 16.0. The normalized spacial score (nSPS) is 11.6. The smallest absolute Gasteiger partial charge is 0.331 e. The Hall–Kier alpha value is -2.11. The van der Waals surface area contributed by atoms with Gasteiger partial charge in [0.2, 0.25) is 5.78 Å². The zero-order chi connectivity index (χ0) is 14.2. The summed E-state index contributed by atoms with van der Waals surface area (Å²) >= 11 is 0. The second-order valence-electron chi connectivity index (χ2n) is 4.25. The van der Waals surface area contributed by atoms with Crippen LogP contribution in [0.15, 0.2) is 30.7 Å². The van der Waals surface area contributed by atoms with E-state index in [0.717, 1.165) is 12.1 Å². The number of benzene rings is 1. The van der Waals surface area contributed by atoms with Crippen molar-refractivity contribution >= 4 is 5.78 Å². The van der Waals surface area contributed by atoms with E-state index in [4.69, 9.17) is 0 Å². The van der Waals surface area contributed by atoms with Crippen LogP contribution in [0.1, 0.15) is 27.2 Å². The number of hydrogen-bond acceptors (Lipinski definition) is 2. The standard InChI is InChI=1S/C13H11F3N2O/c1-8-5-9(13(14,15)16)3-4-10(8)12(19)11-6-17-7-18(11)2/h3-7H,1-2H3. The summed E-state index contributed by atoms with van der Waals surface area (Å²) in [6, 6.07) is 3.09. The molecule has 19 heavy (non-hydrogen) atoms. The van der Waals surface area contributed by atoms with Crippen molar-refractivity contribution < 1.29 is 18.0 Å². The molecule has 0 spiro atoms. The summed E-state index contributed by atoms with van der Waals surface area (Å²) in [5.41, 5.74) is 0.118. The average Bonchev–Trinajstić information content (AvgIpc) is 2.73. The molecule has 0 saturated heterocycles. The lowest BCUT2D eigenvalue weighted by molar-refractivity contribution is -0.137. The van der Waals surface area contributed by atoms with Crippen molar-refractivity contribution in [2.24, 2.45) is 7.05 Å². The third-order valence-corrected chi connectivity index (χ3v) is 2.85. The summed E-state index contributed by atoms with van der Waals surface area (Å²) in [7, 11) is 1.65. The van der Waals surface area contributed by atoms with Crippen LogP contribution in [-0.4, -0.2) is 15.3 Å². The van der Waals surface area contributed by atoms with Crippen molar-refractivity contribution in [3.8, 4) is 0 Å². The fourth-order valence-electron chi connectivity index (χ4n) is 1.81. The van der Waals surface area contributed by atoms with Gasteiger partial charge in [0.05, 0.1) is 18.1 Å². The molecular formula is C13H11F3N2O. The first kappa shape index (κ1) is 13.3. The lowest BCUT2D eigenvalue weighted by Gasteiger charge is -2.10. The molecule has 0 aliphatic rings. The van der Waals surface area contributed by atoms with Crippen LogP contribution in [0.5, 0.6) is 0 Å². The van der Waals surface area contributed by atoms with Gasteiger partial charge in [0.25, 0.3) is 0 Å². The average molecular weight is 268 g/mol. The van der Waals surface area contributed by atoms with Crippen LogP contribution in [0, 0.1) is 6.92 Å². The largest absolute Gasteiger partial charge is 0.416 e. The number of hydrogen-bond donors (Lipinski definition) is 0. The Kier molecular flexibility index (Phi) is 3.18. The molecule has 3 nitrogen and oxygen atoms in total. The number of aryl methyl sites for hydroxylation is 2. The van der Waals surface area contributed by atoms with Gasteiger partial charge in [-0.1, -0.05) is 6.07 Å². The second kappa shape index (κ2) is 4.53. The molecule has 6 heteroatoms. The third-order valence-electron chi connectivity index (χ3n) is 2.85. The SMILES string of the molecule is Cc1cc(C(F)(F)F)ccc1C(=O)c1cncn1C. The molecule has 1 aromatic heterocycles. The second-order valence-corrected chi connectivity index (χ2v) is 4.25. The van der Waals surface area contributed by atoms with Gasteiger partial charge < -0.3 is 4.57 Å². The van der Waals surface area contributed by atoms with E-state index < -0.39 is 11.7 Å². The van der Waals surface area contributed by atoms with Gasteiger partial charge >= 0.3 is 6.18 Å². The Morgan fingerprint density at radius 3 is 2.47 bits per heavy atom. The summed E-state index contributed by atoms with van der Waals surface area (Å²) in [5.74, 6) is -0.341. The Bertz CT molecular complexity index is 629. The minimum absolute atomic E-state index is 0.247. The number of carbonyl (C=O) groups is 1. The number of carbonyl (C=O) groups excluding carboxylic acids is 1. The molecule has 0 amide bonds. The Morgan fingerprint density at radius 1 is 1.32 bits per heavy atom. The maximum absolute atomic E-state index is 12.5. The van der Waals surface area contributed by atoms with Gasteiger partial charge in [-0.05, 0) is 24.6 Å². The minimum Gasteiger partial charge on any atom is -0.331 e. The van der Waals surface area contributed by atoms with Gasteiger partial charge in [-0.25, -0.2) is 4.98 Å². The topological polar surface area (TPSA) is 34.9 Å². The zero-order valence-electron chi connectivity index (χ0n) is 10.3. The van der Waals surface area contributed by atoms with E-state index in [0.29, 0.717) is 11.3 Å². The fourth-order valence-corrected chi connectivity index (χ4v) is 1.81. The van der Waals surface area contributed by atoms with Crippen LogP contribution in [0.25, 0.3) is 0 Å². The van der Waals surface area contributed by atoms with Gasteiger partial charge in [0.1, 0.15) is 5.69 Å². The zero-order valence-corrected chi connectivity index (χ0v) is 10.3. The highest BCUT2D eigenvalue weighted by Crippen LogP contribution is 2.30. The molecule has 2 aromatic rings. The van der Waals surface area contributed by atoms with E-state index in [1.807, 2.05) is 0 Å². The van der Waals surface area contributed by atoms with Crippen molar-refractivity contribution in [2.45, 2.75) is 13.1 Å². The summed E-state index contributed by atoms with van der Waals surface area (Å²) in [6.07, 6.45) is -1.55. The molecule has 1 heterocycles. The van der Waals surface area contributed by atoms with E-state index in [-0.39, 0.29) is 11.3 Å². The number of imidazole rings is 1. The number of aromatic nitrogens is 2. The van der Waals surface area contributed by atoms with Crippen molar-refractivity contribution in [3.63, 3.8) is 0 Å². The van der Waals surface area contributed by atoms with Gasteiger partial charge in [0.15, 0.2) is 0 Å². The molecule has 1 aromatic carbocycles. The molecule has 0 radical (unpaired) electrons. The molecule has 0 fully saturated rings. The van der Waals surface area contributed by atoms with Crippen molar-refractivity contribution in [3.05, 3.63) is 53.1 Å². The lowest BCUT2D eigenvalue weighted by Crippen LogP contribution is -2.11. The van der Waals surface area contributed by atoms with Gasteiger partial charge in [-0.3, -0.25) is 4.79 Å². The number of ketones is 1. The van der Waals surface area contributed by atoms with Crippen LogP contribution in [0.2, 0.25) is 0 Å². The fraction of sp³-hybridized carbons (Fsp3) is 0.231. The van der Waals surface area contributed by atoms with Gasteiger partial charge in [0, 0.05) is 12.6 Å². The molecule has 0 unspecified atom stereocenters. The van der Waals surface area contributed by atoms with Crippen LogP contribution in [0.3, 0.4) is 0 Å². The molecule has 0 atom stereocenters. The predicted molar refractivity (Wildman–Crippen MR) is 62.8 cm³/mol. The summed E-state index contributed by atoms with van der Waals surface area (Å²) in [6.45, 7) is 1.48. The quantitative estimate of drug-likeness (QED) is 0.785. The van der Waals surface area contributed by atoms with E-state index in [9.17, 15) is 18.0 Å². The first-order valence-corrected chi connectivity index (χ1v) is 5.49. The molecule has 0 saturated carbocycles. The molecule has 100 valence electrons. The summed E-state index contributed by atoms with van der Waals surface area (Å²) in [5, 5.41) is 0. The van der Waals surface area contributed by atoms with Gasteiger partial charge in [-0.15, -0.1) is 0 Å². The van der Waals surface area contributed by atoms with Crippen molar-refractivity contribution in [1.29, 1.82) is 0 Å². The predicted octanol–water partition coefficient (Wildman–Crippen LogP) is 2.98. The lowest BCUT2D eigenvalue weighted by atomic mass is 10.00. The van der Waals surface area contributed by atoms with E-state index in [1.54, 1.807) is 7.05 Å². The van der Waals surface area contributed by atoms with E-state index >= 15 is 0 Å². The first-order chi connectivity index (χ1) is 8.80. The Balaban J connectivity index is 2.43. The monoisotopic (exact) mass is 268 g/mol. The molecule has 0 aliphatic carbocycles. The molecule has 0 aliphatic heterocycles. The number of halogens is 3. The number of nitrogens with zero attached hydrogens (tertiary/aromatic N) is 2. The first-order valence-electron chi connectivity index (χ1n) is 5.49. The maximum Gasteiger partial charge on any atom is 0.416 e. The Labute approximate surface area is 107 Å². The maximum atomic E-state index is 12.5. The van der Waals surface area contributed by atoms with Crippen LogP contribution in [-0.2, 0) is 13.2 Å². The van der Waals surface area contributed by atoms with Crippen molar-refractivity contribution in [1.82, 2.24) is 9.55 Å². The highest BCUT2D eigenvalue weighted by atomic mass is 19.4. The van der Waals surface area contributed by atoms with E-state index in [2.05, 4.69) is 4.98 Å². The number of rotatable bonds is 2. The van der Waals surface area contributed by atoms with Crippen LogP contribution < -0.4 is 0 Å². The van der Waals surface area contributed by atoms with Crippen LogP contribution in [0.4, 0.5) is 13.2 Å². The highest BCUT2D eigenvalue weighted by Gasteiger charge is 2.31. The van der Waals surface area contributed by atoms with Gasteiger partial charge in [-0.2, -0.15) is 13.2 Å². The van der Waals surface area contributed by atoms with Crippen LogP contribution >= 0.6 is 0 Å². The molecular weight excluding hydrogens is 257 g/mol. The molecule has 0 bridgehead atoms. The summed E-state index contributed by atoms with van der Waals surface area (Å²) < 4.78 is 39.1. The minimum atomic E-state index is -4.40. The highest BCUT2D eigenvalue weighted by molar-refractivity contribution is 6.08. The Morgan fingerprint density at radius 2 is 2.00 bits per heavy atom. The third kappa shape index (κ3) is 2.52. The molecule has 2 rings (SSSR count). The molecule has 0 N–H and O–H groups in total.